The van der Waals surface area contributed by atoms with Crippen LogP contribution >= 0.6 is 11.6 Å². The van der Waals surface area contributed by atoms with Crippen molar-refractivity contribution in [2.24, 2.45) is 0 Å². The van der Waals surface area contributed by atoms with Crippen molar-refractivity contribution in [3.8, 4) is 0 Å². The summed E-state index contributed by atoms with van der Waals surface area (Å²) < 4.78 is 13.4. The van der Waals surface area contributed by atoms with E-state index in [9.17, 15) is 19.1 Å². The lowest BCUT2D eigenvalue weighted by Gasteiger charge is -2.22. The second-order valence-electron chi connectivity index (χ2n) is 6.78. The minimum atomic E-state index is -2.16. The summed E-state index contributed by atoms with van der Waals surface area (Å²) >= 11 is 5.80. The van der Waals surface area contributed by atoms with Crippen LogP contribution in [-0.4, -0.2) is 34.1 Å². The molecule has 3 aromatic rings. The Morgan fingerprint density at radius 1 is 1.29 bits per heavy atom. The minimum Gasteiger partial charge on any atom is -0.372 e. The van der Waals surface area contributed by atoms with E-state index in [1.807, 2.05) is 18.2 Å². The SMILES string of the molecule is O=C(NCc1cc(F)cc(Cl)c1)[C@@]1(O)CCN(c2ccc3[nH]ccc3c2)C1=O. The van der Waals surface area contributed by atoms with Crippen LogP contribution in [0.3, 0.4) is 0 Å². The normalized spacial score (nSPS) is 19.4. The van der Waals surface area contributed by atoms with Gasteiger partial charge < -0.3 is 20.3 Å². The minimum absolute atomic E-state index is 0.0350. The first-order valence-electron chi connectivity index (χ1n) is 8.71. The molecule has 4 rings (SSSR count). The first-order chi connectivity index (χ1) is 13.4. The maximum atomic E-state index is 13.4. The molecule has 2 aromatic carbocycles. The van der Waals surface area contributed by atoms with Gasteiger partial charge in [-0.2, -0.15) is 0 Å². The molecule has 2 heterocycles. The molecule has 0 spiro atoms. The van der Waals surface area contributed by atoms with Crippen LogP contribution in [0.5, 0.6) is 0 Å². The van der Waals surface area contributed by atoms with Crippen LogP contribution in [0, 0.1) is 5.82 Å². The summed E-state index contributed by atoms with van der Waals surface area (Å²) in [4.78, 5) is 29.8. The summed E-state index contributed by atoms with van der Waals surface area (Å²) in [5.41, 5.74) is -0.193. The quantitative estimate of drug-likeness (QED) is 0.588. The highest BCUT2D eigenvalue weighted by Gasteiger charge is 2.51. The van der Waals surface area contributed by atoms with Gasteiger partial charge in [-0.05, 0) is 48.0 Å². The Morgan fingerprint density at radius 3 is 2.89 bits per heavy atom. The Balaban J connectivity index is 1.49. The Bertz CT molecular complexity index is 1060. The van der Waals surface area contributed by atoms with Gasteiger partial charge in [-0.1, -0.05) is 11.6 Å². The standard InChI is InChI=1S/C20H17ClFN3O3/c21-14-7-12(8-15(22)10-14)11-24-18(26)20(28)4-6-25(19(20)27)16-1-2-17-13(9-16)3-5-23-17/h1-3,5,7-10,23,28H,4,6,11H2,(H,24,26)/t20-/m0/s1. The molecule has 1 fully saturated rings. The van der Waals surface area contributed by atoms with Gasteiger partial charge >= 0.3 is 0 Å². The first-order valence-corrected chi connectivity index (χ1v) is 9.09. The van der Waals surface area contributed by atoms with E-state index in [0.29, 0.717) is 11.3 Å². The van der Waals surface area contributed by atoms with Gasteiger partial charge in [0.15, 0.2) is 0 Å². The molecule has 0 bridgehead atoms. The highest BCUT2D eigenvalue weighted by molar-refractivity contribution is 6.30. The van der Waals surface area contributed by atoms with Gasteiger partial charge in [0, 0.05) is 47.3 Å². The van der Waals surface area contributed by atoms with Crippen LogP contribution in [0.1, 0.15) is 12.0 Å². The summed E-state index contributed by atoms with van der Waals surface area (Å²) in [5, 5.41) is 14.3. The molecule has 1 aliphatic heterocycles. The number of benzene rings is 2. The van der Waals surface area contributed by atoms with E-state index in [-0.39, 0.29) is 24.5 Å². The van der Waals surface area contributed by atoms with Gasteiger partial charge in [-0.15, -0.1) is 0 Å². The number of hydrogen-bond acceptors (Lipinski definition) is 3. The van der Waals surface area contributed by atoms with E-state index in [4.69, 9.17) is 11.6 Å². The highest BCUT2D eigenvalue weighted by atomic mass is 35.5. The Hall–Kier alpha value is -2.90. The van der Waals surface area contributed by atoms with E-state index in [0.717, 1.165) is 17.0 Å². The number of rotatable bonds is 4. The molecule has 8 heteroatoms. The van der Waals surface area contributed by atoms with Crippen molar-refractivity contribution in [3.05, 3.63) is 65.1 Å². The molecule has 6 nitrogen and oxygen atoms in total. The molecule has 144 valence electrons. The molecule has 28 heavy (non-hydrogen) atoms. The van der Waals surface area contributed by atoms with Gasteiger partial charge in [-0.25, -0.2) is 4.39 Å². The molecule has 3 N–H and O–H groups in total. The van der Waals surface area contributed by atoms with Crippen molar-refractivity contribution in [1.82, 2.24) is 10.3 Å². The predicted molar refractivity (Wildman–Crippen MR) is 103 cm³/mol. The Morgan fingerprint density at radius 2 is 2.11 bits per heavy atom. The number of aliphatic hydroxyl groups is 1. The van der Waals surface area contributed by atoms with E-state index in [1.54, 1.807) is 12.3 Å². The summed E-state index contributed by atoms with van der Waals surface area (Å²) in [7, 11) is 0. The van der Waals surface area contributed by atoms with E-state index in [1.165, 1.54) is 17.0 Å². The number of amides is 2. The number of nitrogens with zero attached hydrogens (tertiary/aromatic N) is 1. The number of carbonyl (C=O) groups is 2. The monoisotopic (exact) mass is 401 g/mol. The van der Waals surface area contributed by atoms with Gasteiger partial charge in [0.2, 0.25) is 5.60 Å². The summed E-state index contributed by atoms with van der Waals surface area (Å²) in [5.74, 6) is -2.03. The Kier molecular flexibility index (Phi) is 4.56. The van der Waals surface area contributed by atoms with Crippen LogP contribution in [-0.2, 0) is 16.1 Å². The number of nitrogens with one attached hydrogen (secondary N) is 2. The Labute approximate surface area is 164 Å². The van der Waals surface area contributed by atoms with Gasteiger partial charge in [0.05, 0.1) is 0 Å². The first kappa shape index (κ1) is 18.5. The zero-order valence-electron chi connectivity index (χ0n) is 14.7. The third kappa shape index (κ3) is 3.23. The second kappa shape index (κ2) is 6.92. The maximum absolute atomic E-state index is 13.4. The zero-order valence-corrected chi connectivity index (χ0v) is 15.5. The zero-order chi connectivity index (χ0) is 19.9. The van der Waals surface area contributed by atoms with Crippen LogP contribution in [0.4, 0.5) is 10.1 Å². The molecule has 0 saturated carbocycles. The number of halogens is 2. The maximum Gasteiger partial charge on any atom is 0.268 e. The fraction of sp³-hybridized carbons (Fsp3) is 0.200. The lowest BCUT2D eigenvalue weighted by atomic mass is 10.0. The van der Waals surface area contributed by atoms with Crippen molar-refractivity contribution in [3.63, 3.8) is 0 Å². The molecular weight excluding hydrogens is 385 g/mol. The van der Waals surface area contributed by atoms with E-state index >= 15 is 0 Å². The van der Waals surface area contributed by atoms with Gasteiger partial charge in [-0.3, -0.25) is 9.59 Å². The summed E-state index contributed by atoms with van der Waals surface area (Å²) in [6.07, 6.45) is 1.76. The topological polar surface area (TPSA) is 85.4 Å². The third-order valence-corrected chi connectivity index (χ3v) is 5.11. The second-order valence-corrected chi connectivity index (χ2v) is 7.21. The van der Waals surface area contributed by atoms with Crippen LogP contribution in [0.15, 0.2) is 48.7 Å². The van der Waals surface area contributed by atoms with Crippen molar-refractivity contribution >= 4 is 40.0 Å². The van der Waals surface area contributed by atoms with Crippen LogP contribution in [0.2, 0.25) is 5.02 Å². The molecule has 2 amide bonds. The molecule has 1 atom stereocenters. The van der Waals surface area contributed by atoms with Gasteiger partial charge in [0.25, 0.3) is 11.8 Å². The number of H-pyrrole nitrogens is 1. The average Bonchev–Trinajstić information content (AvgIpc) is 3.24. The summed E-state index contributed by atoms with van der Waals surface area (Å²) in [6.45, 7) is 0.158. The van der Waals surface area contributed by atoms with Crippen molar-refractivity contribution < 1.29 is 19.1 Å². The van der Waals surface area contributed by atoms with Crippen molar-refractivity contribution in [1.29, 1.82) is 0 Å². The van der Waals surface area contributed by atoms with Crippen molar-refractivity contribution in [2.45, 2.75) is 18.6 Å². The predicted octanol–water partition coefficient (Wildman–Crippen LogP) is 2.74. The largest absolute Gasteiger partial charge is 0.372 e. The third-order valence-electron chi connectivity index (χ3n) is 4.90. The molecule has 1 aliphatic rings. The number of hydrogen-bond donors (Lipinski definition) is 3. The molecule has 0 radical (unpaired) electrons. The molecular formula is C20H17ClFN3O3. The smallest absolute Gasteiger partial charge is 0.268 e. The molecule has 0 aliphatic carbocycles. The number of anilines is 1. The average molecular weight is 402 g/mol. The fourth-order valence-electron chi connectivity index (χ4n) is 3.41. The lowest BCUT2D eigenvalue weighted by molar-refractivity contribution is -0.149. The molecule has 0 unspecified atom stereocenters. The number of aromatic nitrogens is 1. The summed E-state index contributed by atoms with van der Waals surface area (Å²) in [6, 6.07) is 11.2. The van der Waals surface area contributed by atoms with Crippen molar-refractivity contribution in [2.75, 3.05) is 11.4 Å². The number of aromatic amines is 1. The van der Waals surface area contributed by atoms with E-state index in [2.05, 4.69) is 10.3 Å². The molecule has 1 aromatic heterocycles. The highest BCUT2D eigenvalue weighted by Crippen LogP contribution is 2.30. The lowest BCUT2D eigenvalue weighted by Crippen LogP contribution is -2.52. The molecule has 1 saturated heterocycles. The van der Waals surface area contributed by atoms with E-state index < -0.39 is 23.2 Å². The van der Waals surface area contributed by atoms with Crippen LogP contribution in [0.25, 0.3) is 10.9 Å². The number of carbonyl (C=O) groups excluding carboxylic acids is 2. The van der Waals surface area contributed by atoms with Gasteiger partial charge in [0.1, 0.15) is 5.82 Å². The number of fused-ring (bicyclic) bond motifs is 1. The fourth-order valence-corrected chi connectivity index (χ4v) is 3.66. The van der Waals surface area contributed by atoms with Crippen LogP contribution < -0.4 is 10.2 Å².